The van der Waals surface area contributed by atoms with Gasteiger partial charge < -0.3 is 10.1 Å². The molecule has 5 heteroatoms. The molecule has 4 unspecified atom stereocenters. The molecule has 0 saturated heterocycles. The second-order valence-corrected chi connectivity index (χ2v) is 9.04. The second kappa shape index (κ2) is 9.90. The number of alkyl halides is 2. The van der Waals surface area contributed by atoms with E-state index in [1.165, 1.54) is 0 Å². The average Bonchev–Trinajstić information content (AvgIpc) is 3.03. The number of fused-ring (bicyclic) bond motifs is 1. The third kappa shape index (κ3) is 5.70. The highest BCUT2D eigenvalue weighted by molar-refractivity contribution is 5.46. The van der Waals surface area contributed by atoms with Gasteiger partial charge in [-0.3, -0.25) is 4.98 Å². The van der Waals surface area contributed by atoms with E-state index in [0.29, 0.717) is 43.1 Å². The molecule has 2 aromatic rings. The molecule has 3 nitrogen and oxygen atoms in total. The minimum absolute atomic E-state index is 0.0243. The smallest absolute Gasteiger partial charge is 0.248 e. The van der Waals surface area contributed by atoms with Crippen LogP contribution in [0.4, 0.5) is 8.78 Å². The summed E-state index contributed by atoms with van der Waals surface area (Å²) in [6, 6.07) is 13.9. The van der Waals surface area contributed by atoms with E-state index in [4.69, 9.17) is 4.74 Å². The molecule has 0 spiro atoms. The van der Waals surface area contributed by atoms with Gasteiger partial charge in [-0.15, -0.1) is 0 Å². The Balaban J connectivity index is 1.40. The molecular formula is C26H32F2N2O. The van der Waals surface area contributed by atoms with E-state index in [-0.39, 0.29) is 12.8 Å². The van der Waals surface area contributed by atoms with Crippen LogP contribution in [-0.4, -0.2) is 24.5 Å². The van der Waals surface area contributed by atoms with Gasteiger partial charge in [0.25, 0.3) is 0 Å². The third-order valence-corrected chi connectivity index (χ3v) is 6.94. The Hall–Kier alpha value is -2.27. The molecule has 1 aromatic heterocycles. The van der Waals surface area contributed by atoms with Crippen LogP contribution in [0.3, 0.4) is 0 Å². The van der Waals surface area contributed by atoms with E-state index in [9.17, 15) is 8.78 Å². The lowest BCUT2D eigenvalue weighted by atomic mass is 9.83. The molecule has 1 aromatic carbocycles. The molecule has 2 fully saturated rings. The number of ether oxygens (including phenoxy) is 1. The first-order chi connectivity index (χ1) is 15.0. The maximum atomic E-state index is 14.0. The summed E-state index contributed by atoms with van der Waals surface area (Å²) in [4.78, 5) is 4.52. The summed E-state index contributed by atoms with van der Waals surface area (Å²) >= 11 is 0. The van der Waals surface area contributed by atoms with Crippen molar-refractivity contribution in [2.45, 2.75) is 44.6 Å². The Kier molecular flexibility index (Phi) is 7.01. The highest BCUT2D eigenvalue weighted by Gasteiger charge is 2.46. The Bertz CT molecular complexity index is 853. The number of allylic oxidation sites excluding steroid dienone is 1. The first kappa shape index (κ1) is 21.9. The molecule has 166 valence electrons. The third-order valence-electron chi connectivity index (χ3n) is 6.94. The van der Waals surface area contributed by atoms with E-state index in [1.807, 2.05) is 49.5 Å². The zero-order valence-electron chi connectivity index (χ0n) is 18.1. The standard InChI is InChI=1S/C26H32F2N2O/c1-29-16-21-15-20-11-13-26(27,28)14-12-25(20)24(21)10-8-22-7-9-23(17-30-22)31-18-19-5-3-2-4-6-19/h2-10,17,20-21,24-25,29H,11-16,18H2,1H3/b10-8+. The molecule has 31 heavy (non-hydrogen) atoms. The molecule has 0 radical (unpaired) electrons. The van der Waals surface area contributed by atoms with Gasteiger partial charge in [-0.2, -0.15) is 0 Å². The Morgan fingerprint density at radius 3 is 2.68 bits per heavy atom. The van der Waals surface area contributed by atoms with Gasteiger partial charge in [0.05, 0.1) is 11.9 Å². The monoisotopic (exact) mass is 426 g/mol. The molecule has 0 aliphatic heterocycles. The number of rotatable bonds is 7. The molecule has 2 aliphatic rings. The number of hydrogen-bond donors (Lipinski definition) is 1. The summed E-state index contributed by atoms with van der Waals surface area (Å²) in [5.41, 5.74) is 1.99. The molecule has 2 aliphatic carbocycles. The van der Waals surface area contributed by atoms with Crippen molar-refractivity contribution in [1.82, 2.24) is 10.3 Å². The second-order valence-electron chi connectivity index (χ2n) is 9.04. The number of nitrogens with one attached hydrogen (secondary N) is 1. The predicted octanol–water partition coefficient (Wildman–Crippen LogP) is 5.97. The van der Waals surface area contributed by atoms with Crippen molar-refractivity contribution in [3.8, 4) is 5.75 Å². The fraction of sp³-hybridized carbons (Fsp3) is 0.500. The molecule has 0 bridgehead atoms. The minimum Gasteiger partial charge on any atom is -0.487 e. The zero-order chi connectivity index (χ0) is 21.7. The van der Waals surface area contributed by atoms with Crippen LogP contribution in [0.2, 0.25) is 0 Å². The largest absolute Gasteiger partial charge is 0.487 e. The molecule has 0 amide bonds. The number of nitrogens with zero attached hydrogens (tertiary/aromatic N) is 1. The maximum Gasteiger partial charge on any atom is 0.248 e. The maximum absolute atomic E-state index is 14.0. The molecule has 4 atom stereocenters. The fourth-order valence-electron chi connectivity index (χ4n) is 5.35. The van der Waals surface area contributed by atoms with Gasteiger partial charge in [-0.25, -0.2) is 8.78 Å². The number of aromatic nitrogens is 1. The lowest BCUT2D eigenvalue weighted by molar-refractivity contribution is -0.0165. The van der Waals surface area contributed by atoms with E-state index in [1.54, 1.807) is 6.20 Å². The van der Waals surface area contributed by atoms with Crippen molar-refractivity contribution < 1.29 is 13.5 Å². The van der Waals surface area contributed by atoms with Crippen molar-refractivity contribution >= 4 is 6.08 Å². The Morgan fingerprint density at radius 1 is 1.13 bits per heavy atom. The number of halogens is 2. The van der Waals surface area contributed by atoms with E-state index < -0.39 is 5.92 Å². The number of benzene rings is 1. The van der Waals surface area contributed by atoms with Crippen molar-refractivity contribution in [2.24, 2.45) is 23.7 Å². The summed E-state index contributed by atoms with van der Waals surface area (Å²) in [7, 11) is 1.97. The van der Waals surface area contributed by atoms with Crippen LogP contribution in [0, 0.1) is 23.7 Å². The lowest BCUT2D eigenvalue weighted by Crippen LogP contribution is -2.24. The van der Waals surface area contributed by atoms with Gasteiger partial charge >= 0.3 is 0 Å². The van der Waals surface area contributed by atoms with Gasteiger partial charge in [-0.1, -0.05) is 36.4 Å². The summed E-state index contributed by atoms with van der Waals surface area (Å²) < 4.78 is 33.7. The van der Waals surface area contributed by atoms with E-state index in [2.05, 4.69) is 22.5 Å². The predicted molar refractivity (Wildman–Crippen MR) is 120 cm³/mol. The van der Waals surface area contributed by atoms with Crippen molar-refractivity contribution in [2.75, 3.05) is 13.6 Å². The summed E-state index contributed by atoms with van der Waals surface area (Å²) in [5, 5.41) is 3.30. The van der Waals surface area contributed by atoms with Crippen molar-refractivity contribution in [1.29, 1.82) is 0 Å². The fourth-order valence-corrected chi connectivity index (χ4v) is 5.35. The lowest BCUT2D eigenvalue weighted by Gasteiger charge is -2.23. The summed E-state index contributed by atoms with van der Waals surface area (Å²) in [6.07, 6.45) is 8.40. The first-order valence-electron chi connectivity index (χ1n) is 11.4. The number of pyridine rings is 1. The topological polar surface area (TPSA) is 34.1 Å². The molecule has 1 N–H and O–H groups in total. The van der Waals surface area contributed by atoms with E-state index >= 15 is 0 Å². The van der Waals surface area contributed by atoms with Gasteiger partial charge in [-0.05, 0) is 80.3 Å². The van der Waals surface area contributed by atoms with Gasteiger partial charge in [0, 0.05) is 12.8 Å². The molecule has 2 saturated carbocycles. The van der Waals surface area contributed by atoms with Crippen LogP contribution in [-0.2, 0) is 6.61 Å². The molecular weight excluding hydrogens is 394 g/mol. The Labute approximate surface area is 183 Å². The van der Waals surface area contributed by atoms with Crippen molar-refractivity contribution in [3.63, 3.8) is 0 Å². The van der Waals surface area contributed by atoms with Crippen LogP contribution in [0.1, 0.15) is 43.4 Å². The van der Waals surface area contributed by atoms with Gasteiger partial charge in [0.1, 0.15) is 12.4 Å². The molecule has 4 rings (SSSR count). The van der Waals surface area contributed by atoms with E-state index in [0.717, 1.165) is 30.0 Å². The average molecular weight is 427 g/mol. The minimum atomic E-state index is -2.49. The summed E-state index contributed by atoms with van der Waals surface area (Å²) in [5.74, 6) is -0.187. The summed E-state index contributed by atoms with van der Waals surface area (Å²) in [6.45, 7) is 1.44. The number of hydrogen-bond acceptors (Lipinski definition) is 3. The highest BCUT2D eigenvalue weighted by atomic mass is 19.3. The van der Waals surface area contributed by atoms with Crippen LogP contribution in [0.25, 0.3) is 6.08 Å². The van der Waals surface area contributed by atoms with Gasteiger partial charge in [0.15, 0.2) is 0 Å². The highest BCUT2D eigenvalue weighted by Crippen LogP contribution is 2.51. The van der Waals surface area contributed by atoms with Crippen LogP contribution < -0.4 is 10.1 Å². The van der Waals surface area contributed by atoms with Crippen LogP contribution >= 0.6 is 0 Å². The Morgan fingerprint density at radius 2 is 1.94 bits per heavy atom. The van der Waals surface area contributed by atoms with Gasteiger partial charge in [0.2, 0.25) is 5.92 Å². The quantitative estimate of drug-likeness (QED) is 0.592. The SMILES string of the molecule is CNCC1CC2CCC(F)(F)CCC2C1/C=C/c1ccc(OCc2ccccc2)cn1. The molecule has 1 heterocycles. The van der Waals surface area contributed by atoms with Crippen LogP contribution in [0.15, 0.2) is 54.7 Å². The normalized spacial score (nSPS) is 27.7. The first-order valence-corrected chi connectivity index (χ1v) is 11.4. The van der Waals surface area contributed by atoms with Crippen molar-refractivity contribution in [3.05, 3.63) is 66.0 Å². The van der Waals surface area contributed by atoms with Crippen LogP contribution in [0.5, 0.6) is 5.75 Å². The zero-order valence-corrected chi connectivity index (χ0v) is 18.1.